The number of ether oxygens (including phenoxy) is 1. The second-order valence-corrected chi connectivity index (χ2v) is 4.37. The molecule has 0 aromatic carbocycles. The molecule has 1 aliphatic heterocycles. The lowest BCUT2D eigenvalue weighted by atomic mass is 10.2. The van der Waals surface area contributed by atoms with Gasteiger partial charge in [-0.15, -0.1) is 0 Å². The topological polar surface area (TPSA) is 34.5 Å². The molecule has 2 heterocycles. The molecular weight excluding hydrogens is 204 g/mol. The van der Waals surface area contributed by atoms with Crippen LogP contribution in [0, 0.1) is 0 Å². The zero-order chi connectivity index (χ0) is 11.5. The Kier molecular flexibility index (Phi) is 3.41. The van der Waals surface area contributed by atoms with Gasteiger partial charge in [0, 0.05) is 45.2 Å². The molecule has 2 rings (SSSR count). The number of ketones is 1. The molecular formula is C12H18N2O2. The quantitative estimate of drug-likeness (QED) is 0.711. The van der Waals surface area contributed by atoms with E-state index in [9.17, 15) is 4.79 Å². The van der Waals surface area contributed by atoms with E-state index in [1.165, 1.54) is 0 Å². The summed E-state index contributed by atoms with van der Waals surface area (Å²) in [5.74, 6) is 0.192. The second-order valence-electron chi connectivity index (χ2n) is 4.37. The predicted octanol–water partition coefficient (Wildman–Crippen LogP) is 0.928. The van der Waals surface area contributed by atoms with Gasteiger partial charge in [-0.1, -0.05) is 0 Å². The van der Waals surface area contributed by atoms with Crippen LogP contribution >= 0.6 is 0 Å². The average molecular weight is 222 g/mol. The summed E-state index contributed by atoms with van der Waals surface area (Å²) in [6.07, 6.45) is 5.09. The van der Waals surface area contributed by atoms with Gasteiger partial charge in [0.1, 0.15) is 0 Å². The highest BCUT2D eigenvalue weighted by Crippen LogP contribution is 2.12. The standard InChI is InChI=1S/C12H18N2O2/c1-13-5-3-10(7-13)12(15)9-14-6-4-11(8-14)16-2/h3,5,7,11H,4,6,8-9H2,1-2H3. The highest BCUT2D eigenvalue weighted by atomic mass is 16.5. The van der Waals surface area contributed by atoms with E-state index in [0.717, 1.165) is 25.1 Å². The number of rotatable bonds is 4. The van der Waals surface area contributed by atoms with E-state index in [4.69, 9.17) is 4.74 Å². The van der Waals surface area contributed by atoms with Crippen molar-refractivity contribution in [2.75, 3.05) is 26.7 Å². The van der Waals surface area contributed by atoms with E-state index in [1.807, 2.05) is 30.1 Å². The Morgan fingerprint density at radius 1 is 1.62 bits per heavy atom. The lowest BCUT2D eigenvalue weighted by Gasteiger charge is -2.13. The van der Waals surface area contributed by atoms with Crippen LogP contribution < -0.4 is 0 Å². The van der Waals surface area contributed by atoms with E-state index < -0.39 is 0 Å². The minimum Gasteiger partial charge on any atom is -0.380 e. The van der Waals surface area contributed by atoms with E-state index >= 15 is 0 Å². The van der Waals surface area contributed by atoms with Crippen molar-refractivity contribution in [3.63, 3.8) is 0 Å². The third-order valence-corrected chi connectivity index (χ3v) is 3.08. The second kappa shape index (κ2) is 4.80. The number of aromatic nitrogens is 1. The van der Waals surface area contributed by atoms with Crippen molar-refractivity contribution in [3.05, 3.63) is 24.0 Å². The van der Waals surface area contributed by atoms with Crippen LogP contribution in [0.25, 0.3) is 0 Å². The summed E-state index contributed by atoms with van der Waals surface area (Å²) in [4.78, 5) is 14.1. The minimum atomic E-state index is 0.192. The van der Waals surface area contributed by atoms with Gasteiger partial charge < -0.3 is 9.30 Å². The molecule has 88 valence electrons. The van der Waals surface area contributed by atoms with Crippen molar-refractivity contribution < 1.29 is 9.53 Å². The molecule has 0 aliphatic carbocycles. The Hall–Kier alpha value is -1.13. The number of carbonyl (C=O) groups excluding carboxylic acids is 1. The third-order valence-electron chi connectivity index (χ3n) is 3.08. The van der Waals surface area contributed by atoms with Crippen LogP contribution in [0.2, 0.25) is 0 Å². The molecule has 1 aliphatic rings. The molecule has 0 amide bonds. The molecule has 0 bridgehead atoms. The van der Waals surface area contributed by atoms with E-state index in [1.54, 1.807) is 7.11 Å². The van der Waals surface area contributed by atoms with Crippen molar-refractivity contribution in [2.24, 2.45) is 7.05 Å². The maximum atomic E-state index is 11.9. The summed E-state index contributed by atoms with van der Waals surface area (Å²) in [7, 11) is 3.65. The van der Waals surface area contributed by atoms with Gasteiger partial charge in [0.25, 0.3) is 0 Å². The molecule has 16 heavy (non-hydrogen) atoms. The number of likely N-dealkylation sites (tertiary alicyclic amines) is 1. The van der Waals surface area contributed by atoms with Gasteiger partial charge >= 0.3 is 0 Å². The number of hydrogen-bond acceptors (Lipinski definition) is 3. The van der Waals surface area contributed by atoms with Gasteiger partial charge in [-0.05, 0) is 12.5 Å². The number of Topliss-reactive ketones (excluding diaryl/α,β-unsaturated/α-hetero) is 1. The molecule has 1 unspecified atom stereocenters. The number of aryl methyl sites for hydroxylation is 1. The maximum absolute atomic E-state index is 11.9. The molecule has 1 aromatic heterocycles. The van der Waals surface area contributed by atoms with Crippen molar-refractivity contribution in [1.29, 1.82) is 0 Å². The molecule has 0 spiro atoms. The van der Waals surface area contributed by atoms with Crippen LogP contribution in [0.5, 0.6) is 0 Å². The van der Waals surface area contributed by atoms with Crippen LogP contribution in [0.1, 0.15) is 16.8 Å². The summed E-state index contributed by atoms with van der Waals surface area (Å²) in [5, 5.41) is 0. The Labute approximate surface area is 95.8 Å². The van der Waals surface area contributed by atoms with E-state index in [0.29, 0.717) is 12.6 Å². The van der Waals surface area contributed by atoms with Crippen molar-refractivity contribution in [1.82, 2.24) is 9.47 Å². The fourth-order valence-corrected chi connectivity index (χ4v) is 2.10. The summed E-state index contributed by atoms with van der Waals surface area (Å²) < 4.78 is 7.17. The smallest absolute Gasteiger partial charge is 0.178 e. The van der Waals surface area contributed by atoms with Gasteiger partial charge in [-0.2, -0.15) is 0 Å². The molecule has 1 aromatic rings. The number of nitrogens with zero attached hydrogens (tertiary/aromatic N) is 2. The SMILES string of the molecule is COC1CCN(CC(=O)c2ccn(C)c2)C1. The average Bonchev–Trinajstić information content (AvgIpc) is 2.87. The highest BCUT2D eigenvalue weighted by Gasteiger charge is 2.24. The Balaban J connectivity index is 1.89. The summed E-state index contributed by atoms with van der Waals surface area (Å²) in [6, 6.07) is 1.87. The molecule has 4 nitrogen and oxygen atoms in total. The van der Waals surface area contributed by atoms with E-state index in [2.05, 4.69) is 4.90 Å². The highest BCUT2D eigenvalue weighted by molar-refractivity contribution is 5.97. The summed E-state index contributed by atoms with van der Waals surface area (Å²) in [5.41, 5.74) is 0.795. The number of methoxy groups -OCH3 is 1. The lowest BCUT2D eigenvalue weighted by Crippen LogP contribution is -2.28. The van der Waals surface area contributed by atoms with Crippen LogP contribution in [0.15, 0.2) is 18.5 Å². The maximum Gasteiger partial charge on any atom is 0.178 e. The van der Waals surface area contributed by atoms with Gasteiger partial charge in [0.05, 0.1) is 12.6 Å². The first-order valence-electron chi connectivity index (χ1n) is 5.59. The number of hydrogen-bond donors (Lipinski definition) is 0. The van der Waals surface area contributed by atoms with Gasteiger partial charge in [-0.3, -0.25) is 9.69 Å². The van der Waals surface area contributed by atoms with Crippen molar-refractivity contribution in [2.45, 2.75) is 12.5 Å². The van der Waals surface area contributed by atoms with Gasteiger partial charge in [0.15, 0.2) is 5.78 Å². The largest absolute Gasteiger partial charge is 0.380 e. The predicted molar refractivity (Wildman–Crippen MR) is 61.6 cm³/mol. The summed E-state index contributed by atoms with van der Waals surface area (Å²) >= 11 is 0. The molecule has 1 fully saturated rings. The fraction of sp³-hybridized carbons (Fsp3) is 0.583. The molecule has 0 radical (unpaired) electrons. The van der Waals surface area contributed by atoms with Crippen LogP contribution in [0.4, 0.5) is 0 Å². The molecule has 4 heteroatoms. The van der Waals surface area contributed by atoms with Crippen molar-refractivity contribution in [3.8, 4) is 0 Å². The molecule has 1 atom stereocenters. The monoisotopic (exact) mass is 222 g/mol. The summed E-state index contributed by atoms with van der Waals surface area (Å²) in [6.45, 7) is 2.33. The zero-order valence-corrected chi connectivity index (χ0v) is 9.85. The first-order chi connectivity index (χ1) is 7.69. The van der Waals surface area contributed by atoms with Crippen LogP contribution in [-0.2, 0) is 11.8 Å². The Bertz CT molecular complexity index is 373. The fourth-order valence-electron chi connectivity index (χ4n) is 2.10. The van der Waals surface area contributed by atoms with Gasteiger partial charge in [-0.25, -0.2) is 0 Å². The normalized spacial score (nSPS) is 21.5. The molecule has 0 N–H and O–H groups in total. The zero-order valence-electron chi connectivity index (χ0n) is 9.85. The third kappa shape index (κ3) is 2.51. The van der Waals surface area contributed by atoms with Gasteiger partial charge in [0.2, 0.25) is 0 Å². The Morgan fingerprint density at radius 3 is 3.00 bits per heavy atom. The minimum absolute atomic E-state index is 0.192. The first-order valence-corrected chi connectivity index (χ1v) is 5.59. The van der Waals surface area contributed by atoms with E-state index in [-0.39, 0.29) is 5.78 Å². The molecule has 1 saturated heterocycles. The lowest BCUT2D eigenvalue weighted by molar-refractivity contribution is 0.0899. The van der Waals surface area contributed by atoms with Crippen LogP contribution in [-0.4, -0.2) is 48.1 Å². The van der Waals surface area contributed by atoms with Crippen LogP contribution in [0.3, 0.4) is 0 Å². The Morgan fingerprint density at radius 2 is 2.44 bits per heavy atom. The number of carbonyl (C=O) groups is 1. The van der Waals surface area contributed by atoms with Crippen molar-refractivity contribution >= 4 is 5.78 Å². The first kappa shape index (κ1) is 11.4. The molecule has 0 saturated carbocycles.